The molecular formula is C18H24O4. The molecule has 0 aromatic heterocycles. The number of aromatic hydroxyl groups is 2. The molecular weight excluding hydrogens is 280 g/mol. The van der Waals surface area contributed by atoms with E-state index in [9.17, 15) is 20.4 Å². The highest BCUT2D eigenvalue weighted by Crippen LogP contribution is 2.61. The van der Waals surface area contributed by atoms with Crippen LogP contribution in [0, 0.1) is 17.3 Å². The number of hydrogen-bond acceptors (Lipinski definition) is 4. The van der Waals surface area contributed by atoms with Gasteiger partial charge in [-0.15, -0.1) is 0 Å². The first kappa shape index (κ1) is 14.3. The lowest BCUT2D eigenvalue weighted by atomic mass is 9.55. The first-order chi connectivity index (χ1) is 10.4. The first-order valence-electron chi connectivity index (χ1n) is 8.32. The van der Waals surface area contributed by atoms with Crippen LogP contribution in [0.5, 0.6) is 11.5 Å². The third kappa shape index (κ3) is 1.77. The van der Waals surface area contributed by atoms with Gasteiger partial charge in [0.2, 0.25) is 0 Å². The zero-order valence-corrected chi connectivity index (χ0v) is 12.9. The van der Waals surface area contributed by atoms with E-state index in [2.05, 4.69) is 6.92 Å². The quantitative estimate of drug-likeness (QED) is 0.554. The maximum absolute atomic E-state index is 10.4. The Kier molecular flexibility index (Phi) is 3.01. The molecule has 22 heavy (non-hydrogen) atoms. The molecule has 0 bridgehead atoms. The van der Waals surface area contributed by atoms with E-state index >= 15 is 0 Å². The monoisotopic (exact) mass is 304 g/mol. The largest absolute Gasteiger partial charge is 0.504 e. The molecule has 0 radical (unpaired) electrons. The zero-order valence-electron chi connectivity index (χ0n) is 12.9. The molecule has 0 aliphatic heterocycles. The average Bonchev–Trinajstić information content (AvgIpc) is 2.72. The molecule has 0 spiro atoms. The Morgan fingerprint density at radius 1 is 1.09 bits per heavy atom. The minimum atomic E-state index is -0.618. The third-order valence-corrected chi connectivity index (χ3v) is 6.79. The molecule has 4 heteroatoms. The second-order valence-corrected chi connectivity index (χ2v) is 7.75. The van der Waals surface area contributed by atoms with Crippen LogP contribution in [0.15, 0.2) is 12.1 Å². The fourth-order valence-electron chi connectivity index (χ4n) is 5.58. The number of aliphatic hydroxyl groups is 2. The molecule has 0 amide bonds. The molecule has 2 saturated carbocycles. The fourth-order valence-corrected chi connectivity index (χ4v) is 5.58. The van der Waals surface area contributed by atoms with Crippen molar-refractivity contribution in [3.8, 4) is 11.5 Å². The van der Waals surface area contributed by atoms with Crippen molar-refractivity contribution >= 4 is 0 Å². The van der Waals surface area contributed by atoms with E-state index in [1.807, 2.05) is 0 Å². The van der Waals surface area contributed by atoms with Crippen LogP contribution in [-0.2, 0) is 6.42 Å². The predicted octanol–water partition coefficient (Wildman–Crippen LogP) is 2.29. The molecule has 0 unspecified atom stereocenters. The Labute approximate surface area is 130 Å². The summed E-state index contributed by atoms with van der Waals surface area (Å²) in [6.45, 7) is 2.12. The minimum Gasteiger partial charge on any atom is -0.504 e. The Hall–Kier alpha value is -1.26. The lowest BCUT2D eigenvalue weighted by Gasteiger charge is -2.49. The maximum Gasteiger partial charge on any atom is 0.157 e. The Morgan fingerprint density at radius 3 is 2.59 bits per heavy atom. The summed E-state index contributed by atoms with van der Waals surface area (Å²) in [6.07, 6.45) is 3.25. The van der Waals surface area contributed by atoms with Crippen LogP contribution in [0.4, 0.5) is 0 Å². The van der Waals surface area contributed by atoms with Gasteiger partial charge in [-0.05, 0) is 78.5 Å². The summed E-state index contributed by atoms with van der Waals surface area (Å²) >= 11 is 0. The van der Waals surface area contributed by atoms with Crippen LogP contribution in [0.1, 0.15) is 49.7 Å². The number of rotatable bonds is 0. The summed E-state index contributed by atoms with van der Waals surface area (Å²) in [5.41, 5.74) is 2.11. The number of fused-ring (bicyclic) bond motifs is 5. The van der Waals surface area contributed by atoms with Gasteiger partial charge >= 0.3 is 0 Å². The Balaban J connectivity index is 1.73. The molecule has 1 aromatic rings. The smallest absolute Gasteiger partial charge is 0.157 e. The molecule has 3 aliphatic carbocycles. The Bertz CT molecular complexity index is 613. The highest BCUT2D eigenvalue weighted by atomic mass is 16.3. The molecule has 4 rings (SSSR count). The fraction of sp³-hybridized carbons (Fsp3) is 0.667. The van der Waals surface area contributed by atoms with Crippen LogP contribution in [-0.4, -0.2) is 32.6 Å². The Morgan fingerprint density at radius 2 is 1.82 bits per heavy atom. The molecule has 4 nitrogen and oxygen atoms in total. The van der Waals surface area contributed by atoms with Gasteiger partial charge in [-0.25, -0.2) is 0 Å². The topological polar surface area (TPSA) is 80.9 Å². The zero-order chi connectivity index (χ0) is 15.6. The number of phenolic OH excluding ortho intramolecular Hbond substituents is 2. The maximum atomic E-state index is 10.4. The molecule has 0 heterocycles. The van der Waals surface area contributed by atoms with E-state index in [4.69, 9.17) is 0 Å². The van der Waals surface area contributed by atoms with Crippen molar-refractivity contribution < 1.29 is 20.4 Å². The standard InChI is InChI=1S/C18H24O4/c1-18-5-4-10-11(13(18)8-16(21)17(18)22)3-2-9-6-14(19)15(20)7-12(9)10/h6-7,10-11,13,16-17,19-22H,2-5,8H2,1H3/t10-,11+,13-,16+,17+,18-/m0/s1. The lowest BCUT2D eigenvalue weighted by Crippen LogP contribution is -2.44. The number of phenols is 2. The number of aliphatic hydroxyl groups excluding tert-OH is 2. The van der Waals surface area contributed by atoms with Gasteiger partial charge in [-0.2, -0.15) is 0 Å². The van der Waals surface area contributed by atoms with Crippen molar-refractivity contribution in [3.63, 3.8) is 0 Å². The summed E-state index contributed by atoms with van der Waals surface area (Å²) < 4.78 is 0. The van der Waals surface area contributed by atoms with Crippen molar-refractivity contribution in [1.29, 1.82) is 0 Å². The SMILES string of the molecule is C[C@]12CC[C@@H]3c4cc(O)c(O)cc4CC[C@H]3[C@@H]1C[C@@H](O)[C@H]2O. The van der Waals surface area contributed by atoms with Gasteiger partial charge in [0.1, 0.15) is 0 Å². The second kappa shape index (κ2) is 4.62. The van der Waals surface area contributed by atoms with E-state index in [-0.39, 0.29) is 16.9 Å². The summed E-state index contributed by atoms with van der Waals surface area (Å²) in [5.74, 6) is 1.07. The predicted molar refractivity (Wildman–Crippen MR) is 81.8 cm³/mol. The summed E-state index contributed by atoms with van der Waals surface area (Å²) in [5, 5.41) is 40.1. The highest BCUT2D eigenvalue weighted by Gasteiger charge is 2.57. The van der Waals surface area contributed by atoms with Crippen LogP contribution in [0.25, 0.3) is 0 Å². The van der Waals surface area contributed by atoms with Gasteiger partial charge in [0, 0.05) is 0 Å². The van der Waals surface area contributed by atoms with E-state index < -0.39 is 12.2 Å². The van der Waals surface area contributed by atoms with Crippen LogP contribution in [0.2, 0.25) is 0 Å². The van der Waals surface area contributed by atoms with Crippen molar-refractivity contribution in [3.05, 3.63) is 23.3 Å². The molecule has 4 N–H and O–H groups in total. The minimum absolute atomic E-state index is 0.0374. The number of benzene rings is 1. The molecule has 2 fully saturated rings. The summed E-state index contributed by atoms with van der Waals surface area (Å²) in [4.78, 5) is 0. The number of hydrogen-bond donors (Lipinski definition) is 4. The van der Waals surface area contributed by atoms with Crippen LogP contribution >= 0.6 is 0 Å². The van der Waals surface area contributed by atoms with Crippen molar-refractivity contribution in [2.45, 2.75) is 57.2 Å². The van der Waals surface area contributed by atoms with Crippen molar-refractivity contribution in [2.75, 3.05) is 0 Å². The number of aryl methyl sites for hydroxylation is 1. The summed E-state index contributed by atoms with van der Waals surface area (Å²) in [7, 11) is 0. The second-order valence-electron chi connectivity index (χ2n) is 7.75. The first-order valence-corrected chi connectivity index (χ1v) is 8.32. The van der Waals surface area contributed by atoms with E-state index in [1.165, 1.54) is 0 Å². The molecule has 6 atom stereocenters. The van der Waals surface area contributed by atoms with Gasteiger partial charge in [0.05, 0.1) is 12.2 Å². The van der Waals surface area contributed by atoms with Crippen molar-refractivity contribution in [1.82, 2.24) is 0 Å². The van der Waals surface area contributed by atoms with Gasteiger partial charge in [0.15, 0.2) is 11.5 Å². The van der Waals surface area contributed by atoms with E-state index in [1.54, 1.807) is 12.1 Å². The summed E-state index contributed by atoms with van der Waals surface area (Å²) in [6, 6.07) is 3.43. The van der Waals surface area contributed by atoms with Crippen LogP contribution < -0.4 is 0 Å². The van der Waals surface area contributed by atoms with Gasteiger partial charge < -0.3 is 20.4 Å². The normalized spacial score (nSPS) is 43.3. The van der Waals surface area contributed by atoms with E-state index in [0.29, 0.717) is 24.2 Å². The van der Waals surface area contributed by atoms with Crippen LogP contribution in [0.3, 0.4) is 0 Å². The molecule has 3 aliphatic rings. The van der Waals surface area contributed by atoms with E-state index in [0.717, 1.165) is 36.8 Å². The third-order valence-electron chi connectivity index (χ3n) is 6.79. The molecule has 120 valence electrons. The van der Waals surface area contributed by atoms with Gasteiger partial charge in [-0.1, -0.05) is 6.92 Å². The molecule has 1 aromatic carbocycles. The van der Waals surface area contributed by atoms with Gasteiger partial charge in [-0.3, -0.25) is 0 Å². The van der Waals surface area contributed by atoms with Gasteiger partial charge in [0.25, 0.3) is 0 Å². The average molecular weight is 304 g/mol. The van der Waals surface area contributed by atoms with Crippen molar-refractivity contribution in [2.24, 2.45) is 17.3 Å². The highest BCUT2D eigenvalue weighted by molar-refractivity contribution is 5.48. The molecule has 0 saturated heterocycles. The lowest BCUT2D eigenvalue weighted by molar-refractivity contribution is -0.0505.